The molecule has 0 radical (unpaired) electrons. The van der Waals surface area contributed by atoms with Crippen molar-refractivity contribution in [2.45, 2.75) is 13.3 Å². The molecular formula is C27H23N3O4. The van der Waals surface area contributed by atoms with Gasteiger partial charge in [-0.2, -0.15) is 5.26 Å². The molecule has 0 aliphatic carbocycles. The van der Waals surface area contributed by atoms with Crippen molar-refractivity contribution < 1.29 is 19.1 Å². The van der Waals surface area contributed by atoms with Crippen molar-refractivity contribution in [3.8, 4) is 17.6 Å². The molecule has 2 amide bonds. The summed E-state index contributed by atoms with van der Waals surface area (Å²) in [5.41, 5.74) is 2.48. The van der Waals surface area contributed by atoms with Crippen LogP contribution in [0.4, 0.5) is 11.4 Å². The molecule has 34 heavy (non-hydrogen) atoms. The third kappa shape index (κ3) is 4.48. The Bertz CT molecular complexity index is 1270. The molecule has 0 saturated carbocycles. The number of carbonyl (C=O) groups is 2. The highest BCUT2D eigenvalue weighted by atomic mass is 16.5. The van der Waals surface area contributed by atoms with Gasteiger partial charge in [0.2, 0.25) is 0 Å². The highest BCUT2D eigenvalue weighted by molar-refractivity contribution is 6.46. The van der Waals surface area contributed by atoms with Crippen molar-refractivity contribution in [3.05, 3.63) is 89.6 Å². The van der Waals surface area contributed by atoms with Crippen LogP contribution in [0.3, 0.4) is 0 Å². The predicted octanol–water partition coefficient (Wildman–Crippen LogP) is 4.75. The predicted molar refractivity (Wildman–Crippen MR) is 129 cm³/mol. The van der Waals surface area contributed by atoms with E-state index in [1.807, 2.05) is 13.0 Å². The zero-order chi connectivity index (χ0) is 24.1. The number of hydrogen-bond donors (Lipinski definition) is 1. The van der Waals surface area contributed by atoms with E-state index in [9.17, 15) is 9.59 Å². The van der Waals surface area contributed by atoms with E-state index in [4.69, 9.17) is 14.7 Å². The number of nitrogens with one attached hydrogen (secondary N) is 1. The summed E-state index contributed by atoms with van der Waals surface area (Å²) in [6.45, 7) is 2.62. The van der Waals surface area contributed by atoms with Crippen LogP contribution in [0.2, 0.25) is 0 Å². The number of ether oxygens (including phenoxy) is 2. The van der Waals surface area contributed by atoms with Gasteiger partial charge in [0.15, 0.2) is 0 Å². The summed E-state index contributed by atoms with van der Waals surface area (Å²) in [7, 11) is 1.57. The Hall–Kier alpha value is -4.57. The fraction of sp³-hybridized carbons (Fsp3) is 0.148. The SMILES string of the molecule is CCCOc1ccc(C2=C(Nc3ccc(OC)cc3)C(=O)N(c3ccc(C#N)cc3)C2=O)cc1. The highest BCUT2D eigenvalue weighted by Crippen LogP contribution is 2.34. The molecule has 7 nitrogen and oxygen atoms in total. The summed E-state index contributed by atoms with van der Waals surface area (Å²) in [6, 6.07) is 22.5. The molecule has 3 aromatic rings. The third-order valence-electron chi connectivity index (χ3n) is 5.31. The summed E-state index contributed by atoms with van der Waals surface area (Å²) >= 11 is 0. The monoisotopic (exact) mass is 453 g/mol. The average Bonchev–Trinajstić information content (AvgIpc) is 3.12. The van der Waals surface area contributed by atoms with Gasteiger partial charge < -0.3 is 14.8 Å². The highest BCUT2D eigenvalue weighted by Gasteiger charge is 2.40. The van der Waals surface area contributed by atoms with Crippen molar-refractivity contribution in [3.63, 3.8) is 0 Å². The number of imide groups is 1. The van der Waals surface area contributed by atoms with Crippen molar-refractivity contribution >= 4 is 28.8 Å². The fourth-order valence-corrected chi connectivity index (χ4v) is 3.59. The lowest BCUT2D eigenvalue weighted by atomic mass is 10.0. The quantitative estimate of drug-likeness (QED) is 0.495. The van der Waals surface area contributed by atoms with Crippen LogP contribution in [0.15, 0.2) is 78.5 Å². The first-order valence-electron chi connectivity index (χ1n) is 10.8. The summed E-state index contributed by atoms with van der Waals surface area (Å²) in [5.74, 6) is 0.437. The van der Waals surface area contributed by atoms with E-state index in [1.165, 1.54) is 0 Å². The average molecular weight is 453 g/mol. The maximum atomic E-state index is 13.5. The van der Waals surface area contributed by atoms with Crippen molar-refractivity contribution in [1.82, 2.24) is 0 Å². The van der Waals surface area contributed by atoms with Gasteiger partial charge in [0.25, 0.3) is 11.8 Å². The molecule has 1 aliphatic heterocycles. The molecule has 0 spiro atoms. The Balaban J connectivity index is 1.74. The summed E-state index contributed by atoms with van der Waals surface area (Å²) < 4.78 is 10.8. The van der Waals surface area contributed by atoms with Gasteiger partial charge in [-0.05, 0) is 72.6 Å². The second-order valence-electron chi connectivity index (χ2n) is 7.58. The van der Waals surface area contributed by atoms with Gasteiger partial charge >= 0.3 is 0 Å². The fourth-order valence-electron chi connectivity index (χ4n) is 3.59. The smallest absolute Gasteiger partial charge is 0.282 e. The number of methoxy groups -OCH3 is 1. The molecule has 1 aliphatic rings. The van der Waals surface area contributed by atoms with Gasteiger partial charge in [-0.25, -0.2) is 4.90 Å². The number of nitrogens with zero attached hydrogens (tertiary/aromatic N) is 2. The van der Waals surface area contributed by atoms with Crippen molar-refractivity contribution in [2.75, 3.05) is 23.9 Å². The first-order chi connectivity index (χ1) is 16.5. The van der Waals surface area contributed by atoms with Gasteiger partial charge in [-0.1, -0.05) is 19.1 Å². The van der Waals surface area contributed by atoms with Gasteiger partial charge in [-0.15, -0.1) is 0 Å². The molecule has 4 rings (SSSR count). The number of carbonyl (C=O) groups excluding carboxylic acids is 2. The number of amides is 2. The lowest BCUT2D eigenvalue weighted by molar-refractivity contribution is -0.120. The maximum Gasteiger partial charge on any atom is 0.282 e. The lowest BCUT2D eigenvalue weighted by Gasteiger charge is -2.15. The van der Waals surface area contributed by atoms with Crippen LogP contribution in [-0.4, -0.2) is 25.5 Å². The summed E-state index contributed by atoms with van der Waals surface area (Å²) in [6.07, 6.45) is 0.884. The molecule has 1 N–H and O–H groups in total. The molecule has 0 bridgehead atoms. The van der Waals surface area contributed by atoms with Crippen LogP contribution >= 0.6 is 0 Å². The zero-order valence-electron chi connectivity index (χ0n) is 18.9. The van der Waals surface area contributed by atoms with Crippen LogP contribution in [0, 0.1) is 11.3 Å². The molecule has 7 heteroatoms. The molecular weight excluding hydrogens is 430 g/mol. The van der Waals surface area contributed by atoms with E-state index in [-0.39, 0.29) is 11.3 Å². The van der Waals surface area contributed by atoms with Crippen LogP contribution in [0.25, 0.3) is 5.57 Å². The second kappa shape index (κ2) is 9.92. The Morgan fingerprint density at radius 1 is 0.882 bits per heavy atom. The number of benzene rings is 3. The Kier molecular flexibility index (Phi) is 6.60. The minimum absolute atomic E-state index is 0.168. The first kappa shape index (κ1) is 22.6. The number of rotatable bonds is 8. The molecule has 0 saturated heterocycles. The Labute approximate surface area is 197 Å². The van der Waals surface area contributed by atoms with E-state index in [1.54, 1.807) is 79.9 Å². The molecule has 0 aromatic heterocycles. The van der Waals surface area contributed by atoms with E-state index in [0.717, 1.165) is 11.3 Å². The van der Waals surface area contributed by atoms with Crippen molar-refractivity contribution in [1.29, 1.82) is 5.26 Å². The number of nitriles is 1. The molecule has 3 aromatic carbocycles. The molecule has 0 unspecified atom stereocenters. The third-order valence-corrected chi connectivity index (χ3v) is 5.31. The topological polar surface area (TPSA) is 91.7 Å². The van der Waals surface area contributed by atoms with Gasteiger partial charge in [-0.3, -0.25) is 9.59 Å². The second-order valence-corrected chi connectivity index (χ2v) is 7.58. The molecule has 0 fully saturated rings. The van der Waals surface area contributed by atoms with Crippen molar-refractivity contribution in [2.24, 2.45) is 0 Å². The summed E-state index contributed by atoms with van der Waals surface area (Å²) in [4.78, 5) is 28.1. The van der Waals surface area contributed by atoms with E-state index in [2.05, 4.69) is 5.32 Å². The van der Waals surface area contributed by atoms with E-state index >= 15 is 0 Å². The van der Waals surface area contributed by atoms with Crippen LogP contribution in [-0.2, 0) is 9.59 Å². The number of hydrogen-bond acceptors (Lipinski definition) is 6. The van der Waals surface area contributed by atoms with E-state index < -0.39 is 11.8 Å². The largest absolute Gasteiger partial charge is 0.497 e. The first-order valence-corrected chi connectivity index (χ1v) is 10.8. The van der Waals surface area contributed by atoms with Crippen LogP contribution in [0.1, 0.15) is 24.5 Å². The number of anilines is 2. The lowest BCUT2D eigenvalue weighted by Crippen LogP contribution is -2.32. The summed E-state index contributed by atoms with van der Waals surface area (Å²) in [5, 5.41) is 12.2. The van der Waals surface area contributed by atoms with Crippen LogP contribution in [0.5, 0.6) is 11.5 Å². The Morgan fingerprint density at radius 3 is 2.12 bits per heavy atom. The van der Waals surface area contributed by atoms with E-state index in [0.29, 0.717) is 40.6 Å². The zero-order valence-corrected chi connectivity index (χ0v) is 18.9. The minimum atomic E-state index is -0.480. The Morgan fingerprint density at radius 2 is 1.53 bits per heavy atom. The standard InChI is InChI=1S/C27H23N3O4/c1-3-16-34-23-12-6-19(7-13-23)24-25(29-20-8-14-22(33-2)15-9-20)27(32)30(26(24)31)21-10-4-18(17-28)5-11-21/h4-15,29H,3,16H2,1-2H3. The molecule has 170 valence electrons. The maximum absolute atomic E-state index is 13.5. The molecule has 0 atom stereocenters. The van der Waals surface area contributed by atoms with Gasteiger partial charge in [0.05, 0.1) is 36.6 Å². The molecule has 1 heterocycles. The van der Waals surface area contributed by atoms with Gasteiger partial charge in [0.1, 0.15) is 17.2 Å². The van der Waals surface area contributed by atoms with Crippen LogP contribution < -0.4 is 19.7 Å². The normalized spacial score (nSPS) is 13.1. The minimum Gasteiger partial charge on any atom is -0.497 e. The van der Waals surface area contributed by atoms with Gasteiger partial charge in [0, 0.05) is 5.69 Å².